The van der Waals surface area contributed by atoms with Gasteiger partial charge in [-0.05, 0) is 25.2 Å². The molecule has 0 heterocycles. The topological polar surface area (TPSA) is 74.6 Å². The first-order chi connectivity index (χ1) is 15.3. The van der Waals surface area contributed by atoms with Gasteiger partial charge in [-0.1, -0.05) is 129 Å². The van der Waals surface area contributed by atoms with E-state index >= 15 is 0 Å². The summed E-state index contributed by atoms with van der Waals surface area (Å²) in [6.45, 7) is 5.98. The lowest BCUT2D eigenvalue weighted by Gasteiger charge is -2.49. The number of aliphatic carboxylic acids is 2. The maximum Gasteiger partial charge on any atom is 0.311 e. The fraction of sp³-hybridized carbons (Fsp3) is 0.857. The van der Waals surface area contributed by atoms with Gasteiger partial charge >= 0.3 is 11.9 Å². The molecule has 2 atom stereocenters. The molecule has 1 rings (SSSR count). The quantitative estimate of drug-likeness (QED) is 0.153. The van der Waals surface area contributed by atoms with Gasteiger partial charge in [-0.15, -0.1) is 0 Å². The largest absolute Gasteiger partial charge is 0.481 e. The van der Waals surface area contributed by atoms with Gasteiger partial charge in [-0.3, -0.25) is 9.59 Å². The molecule has 0 aromatic rings. The monoisotopic (exact) mass is 450 g/mol. The molecule has 0 bridgehead atoms. The first-order valence-corrected chi connectivity index (χ1v) is 13.5. The van der Waals surface area contributed by atoms with E-state index in [9.17, 15) is 19.8 Å². The van der Waals surface area contributed by atoms with Crippen LogP contribution in [0.25, 0.3) is 0 Å². The predicted octanol–water partition coefficient (Wildman–Crippen LogP) is 8.40. The number of unbranched alkanes of at least 4 members (excludes halogenated alkanes) is 14. The van der Waals surface area contributed by atoms with Crippen LogP contribution in [0.2, 0.25) is 0 Å². The first-order valence-electron chi connectivity index (χ1n) is 13.5. The van der Waals surface area contributed by atoms with Crippen LogP contribution in [-0.2, 0) is 9.59 Å². The highest BCUT2D eigenvalue weighted by Crippen LogP contribution is 2.56. The minimum absolute atomic E-state index is 0.225. The Hall–Kier alpha value is -1.32. The summed E-state index contributed by atoms with van der Waals surface area (Å²) in [6, 6.07) is 0. The minimum Gasteiger partial charge on any atom is -0.481 e. The van der Waals surface area contributed by atoms with Crippen molar-refractivity contribution in [3.8, 4) is 0 Å². The first kappa shape index (κ1) is 28.7. The van der Waals surface area contributed by atoms with Gasteiger partial charge in [0.1, 0.15) is 0 Å². The summed E-state index contributed by atoms with van der Waals surface area (Å²) in [5.41, 5.74) is -2.41. The van der Waals surface area contributed by atoms with Crippen molar-refractivity contribution < 1.29 is 19.8 Å². The van der Waals surface area contributed by atoms with E-state index in [1.54, 1.807) is 0 Å². The van der Waals surface area contributed by atoms with Crippen molar-refractivity contribution in [2.75, 3.05) is 0 Å². The molecule has 4 heteroatoms. The maximum absolute atomic E-state index is 12.4. The van der Waals surface area contributed by atoms with Crippen molar-refractivity contribution in [3.63, 3.8) is 0 Å². The van der Waals surface area contributed by atoms with Gasteiger partial charge in [-0.2, -0.15) is 0 Å². The Morgan fingerprint density at radius 2 is 1.09 bits per heavy atom. The van der Waals surface area contributed by atoms with E-state index in [1.165, 1.54) is 77.0 Å². The summed E-state index contributed by atoms with van der Waals surface area (Å²) < 4.78 is 0. The predicted molar refractivity (Wildman–Crippen MR) is 133 cm³/mol. The van der Waals surface area contributed by atoms with Gasteiger partial charge in [-0.25, -0.2) is 0 Å². The number of carboxylic acids is 2. The summed E-state index contributed by atoms with van der Waals surface area (Å²) in [7, 11) is 0. The highest BCUT2D eigenvalue weighted by atomic mass is 16.4. The maximum atomic E-state index is 12.4. The third kappa shape index (κ3) is 7.92. The van der Waals surface area contributed by atoms with Gasteiger partial charge < -0.3 is 10.2 Å². The zero-order valence-electron chi connectivity index (χ0n) is 21.2. The zero-order valence-corrected chi connectivity index (χ0v) is 21.2. The smallest absolute Gasteiger partial charge is 0.311 e. The van der Waals surface area contributed by atoms with Crippen molar-refractivity contribution in [1.82, 2.24) is 0 Å². The van der Waals surface area contributed by atoms with E-state index in [-0.39, 0.29) is 5.92 Å². The Balaban J connectivity index is 2.27. The van der Waals surface area contributed by atoms with Gasteiger partial charge in [0.15, 0.2) is 0 Å². The second-order valence-electron chi connectivity index (χ2n) is 10.4. The van der Waals surface area contributed by atoms with Crippen LogP contribution < -0.4 is 0 Å². The Morgan fingerprint density at radius 3 is 1.47 bits per heavy atom. The van der Waals surface area contributed by atoms with Crippen LogP contribution in [0.15, 0.2) is 12.2 Å². The normalized spacial score (nSPS) is 23.0. The van der Waals surface area contributed by atoms with Gasteiger partial charge in [0.25, 0.3) is 0 Å². The van der Waals surface area contributed by atoms with Crippen LogP contribution in [0.5, 0.6) is 0 Å². The Bertz CT molecular complexity index is 568. The number of hydrogen-bond donors (Lipinski definition) is 2. The van der Waals surface area contributed by atoms with E-state index in [1.807, 2.05) is 26.0 Å². The molecule has 2 N–H and O–H groups in total. The number of carboxylic acid groups (broad SMARTS) is 2. The van der Waals surface area contributed by atoms with Crippen molar-refractivity contribution >= 4 is 11.9 Å². The molecule has 0 fully saturated rings. The number of allylic oxidation sites excluding steroid dienone is 2. The van der Waals surface area contributed by atoms with E-state index in [4.69, 9.17) is 0 Å². The molecule has 0 aliphatic heterocycles. The summed E-state index contributed by atoms with van der Waals surface area (Å²) in [5.74, 6) is -2.12. The molecule has 1 aliphatic carbocycles. The van der Waals surface area contributed by atoms with Crippen molar-refractivity contribution in [1.29, 1.82) is 0 Å². The molecule has 32 heavy (non-hydrogen) atoms. The molecule has 0 aromatic heterocycles. The molecule has 0 spiro atoms. The molecule has 1 aliphatic rings. The number of rotatable bonds is 19. The Morgan fingerprint density at radius 1 is 0.688 bits per heavy atom. The molecule has 2 unspecified atom stereocenters. The fourth-order valence-electron chi connectivity index (χ4n) is 5.77. The second-order valence-corrected chi connectivity index (χ2v) is 10.4. The molecule has 0 aromatic carbocycles. The molecule has 4 nitrogen and oxygen atoms in total. The highest BCUT2D eigenvalue weighted by Gasteiger charge is 2.62. The average Bonchev–Trinajstić information content (AvgIpc) is 2.76. The summed E-state index contributed by atoms with van der Waals surface area (Å²) >= 11 is 0. The van der Waals surface area contributed by atoms with Gasteiger partial charge in [0.05, 0.1) is 10.8 Å². The fourth-order valence-corrected chi connectivity index (χ4v) is 5.77. The van der Waals surface area contributed by atoms with Crippen LogP contribution >= 0.6 is 0 Å². The van der Waals surface area contributed by atoms with Crippen molar-refractivity contribution in [2.45, 2.75) is 136 Å². The molecule has 0 saturated carbocycles. The number of hydrogen-bond acceptors (Lipinski definition) is 2. The van der Waals surface area contributed by atoms with Crippen molar-refractivity contribution in [2.24, 2.45) is 16.7 Å². The lowest BCUT2D eigenvalue weighted by molar-refractivity contribution is -0.181. The highest BCUT2D eigenvalue weighted by molar-refractivity contribution is 5.87. The SMILES string of the molecule is CCCCCCCCCCCCCCCCCC1(C(=O)O)CC=CCC1(C(=O)O)C(C)C. The van der Waals surface area contributed by atoms with E-state index in [2.05, 4.69) is 6.92 Å². The average molecular weight is 451 g/mol. The van der Waals surface area contributed by atoms with Crippen LogP contribution in [0.4, 0.5) is 0 Å². The molecule has 0 radical (unpaired) electrons. The third-order valence-electron chi connectivity index (χ3n) is 7.91. The lowest BCUT2D eigenvalue weighted by atomic mass is 9.51. The minimum atomic E-state index is -1.22. The van der Waals surface area contributed by atoms with Crippen LogP contribution in [0.1, 0.15) is 136 Å². The summed E-state index contributed by atoms with van der Waals surface area (Å²) in [6.07, 6.45) is 23.8. The summed E-state index contributed by atoms with van der Waals surface area (Å²) in [4.78, 5) is 24.7. The molecule has 0 saturated heterocycles. The zero-order chi connectivity index (χ0) is 23.9. The van der Waals surface area contributed by atoms with E-state index < -0.39 is 22.8 Å². The number of carbonyl (C=O) groups is 2. The Kier molecular flexibility index (Phi) is 13.9. The van der Waals surface area contributed by atoms with E-state index in [0.717, 1.165) is 19.3 Å². The third-order valence-corrected chi connectivity index (χ3v) is 7.91. The summed E-state index contributed by atoms with van der Waals surface area (Å²) in [5, 5.41) is 20.2. The van der Waals surface area contributed by atoms with Crippen LogP contribution in [0.3, 0.4) is 0 Å². The van der Waals surface area contributed by atoms with Crippen LogP contribution in [-0.4, -0.2) is 22.2 Å². The molecule has 0 amide bonds. The lowest BCUT2D eigenvalue weighted by Crippen LogP contribution is -2.56. The van der Waals surface area contributed by atoms with E-state index in [0.29, 0.717) is 19.3 Å². The second kappa shape index (κ2) is 15.5. The molecular weight excluding hydrogens is 400 g/mol. The van der Waals surface area contributed by atoms with Crippen LogP contribution in [0, 0.1) is 16.7 Å². The van der Waals surface area contributed by atoms with Gasteiger partial charge in [0, 0.05) is 0 Å². The standard InChI is InChI=1S/C28H50O4/c1-4-5-6-7-8-9-10-11-12-13-14-15-16-17-18-21-27(25(29)30)22-19-20-23-28(27,24(2)3)26(31)32/h19-20,24H,4-18,21-23H2,1-3H3,(H,29,30)(H,31,32). The van der Waals surface area contributed by atoms with Crippen molar-refractivity contribution in [3.05, 3.63) is 12.2 Å². The molecule has 186 valence electrons. The Labute approximate surface area is 197 Å². The molecular formula is C28H50O4. The van der Waals surface area contributed by atoms with Gasteiger partial charge in [0.2, 0.25) is 0 Å².